The van der Waals surface area contributed by atoms with Crippen LogP contribution in [0.4, 0.5) is 0 Å². The first-order chi connectivity index (χ1) is 6.70. The second-order valence-electron chi connectivity index (χ2n) is 3.56. The fourth-order valence-corrected chi connectivity index (χ4v) is 1.12. The molecule has 2 heteroatoms. The maximum atomic E-state index is 8.66. The quantitative estimate of drug-likeness (QED) is 0.503. The van der Waals surface area contributed by atoms with Gasteiger partial charge in [0, 0.05) is 6.61 Å². The van der Waals surface area contributed by atoms with Crippen molar-refractivity contribution in [2.45, 2.75) is 27.2 Å². The molecule has 1 N–H and O–H groups in total. The van der Waals surface area contributed by atoms with Gasteiger partial charge in [-0.1, -0.05) is 30.7 Å². The summed E-state index contributed by atoms with van der Waals surface area (Å²) in [5.74, 6) is 0.478. The zero-order valence-electron chi connectivity index (χ0n) is 9.49. The van der Waals surface area contributed by atoms with Gasteiger partial charge in [-0.2, -0.15) is 0 Å². The van der Waals surface area contributed by atoms with E-state index < -0.39 is 0 Å². The molecular formula is C12H22O2. The molecule has 0 bridgehead atoms. The lowest BCUT2D eigenvalue weighted by atomic mass is 10.2. The lowest BCUT2D eigenvalue weighted by Gasteiger charge is -2.06. The highest BCUT2D eigenvalue weighted by molar-refractivity contribution is 4.97. The SMILES string of the molecule is CC=CC(C)COCC=C(C)CCO. The van der Waals surface area contributed by atoms with Gasteiger partial charge >= 0.3 is 0 Å². The van der Waals surface area contributed by atoms with E-state index in [0.717, 1.165) is 13.0 Å². The van der Waals surface area contributed by atoms with Gasteiger partial charge in [-0.25, -0.2) is 0 Å². The van der Waals surface area contributed by atoms with Crippen molar-refractivity contribution in [3.63, 3.8) is 0 Å². The Hall–Kier alpha value is -0.600. The van der Waals surface area contributed by atoms with Crippen LogP contribution in [0.5, 0.6) is 0 Å². The van der Waals surface area contributed by atoms with Gasteiger partial charge in [0.2, 0.25) is 0 Å². The minimum Gasteiger partial charge on any atom is -0.396 e. The van der Waals surface area contributed by atoms with Crippen molar-refractivity contribution in [2.24, 2.45) is 5.92 Å². The van der Waals surface area contributed by atoms with Crippen LogP contribution in [0.3, 0.4) is 0 Å². The van der Waals surface area contributed by atoms with Gasteiger partial charge in [-0.05, 0) is 26.2 Å². The summed E-state index contributed by atoms with van der Waals surface area (Å²) in [6.07, 6.45) is 6.94. The summed E-state index contributed by atoms with van der Waals surface area (Å²) in [7, 11) is 0. The molecule has 0 aliphatic carbocycles. The molecule has 0 rings (SSSR count). The maximum Gasteiger partial charge on any atom is 0.0650 e. The van der Waals surface area contributed by atoms with Crippen molar-refractivity contribution >= 4 is 0 Å². The van der Waals surface area contributed by atoms with Crippen LogP contribution < -0.4 is 0 Å². The van der Waals surface area contributed by atoms with E-state index in [1.165, 1.54) is 5.57 Å². The molecule has 0 aliphatic heterocycles. The number of aliphatic hydroxyl groups is 1. The van der Waals surface area contributed by atoms with Crippen LogP contribution >= 0.6 is 0 Å². The number of aliphatic hydroxyl groups excluding tert-OH is 1. The van der Waals surface area contributed by atoms with Gasteiger partial charge in [-0.3, -0.25) is 0 Å². The van der Waals surface area contributed by atoms with Crippen molar-refractivity contribution < 1.29 is 9.84 Å². The molecule has 0 aromatic carbocycles. The molecule has 0 aromatic heterocycles. The highest BCUT2D eigenvalue weighted by Gasteiger charge is 1.95. The van der Waals surface area contributed by atoms with Crippen LogP contribution in [0.2, 0.25) is 0 Å². The molecule has 0 amide bonds. The second-order valence-corrected chi connectivity index (χ2v) is 3.56. The predicted octanol–water partition coefficient (Wildman–Crippen LogP) is 2.54. The van der Waals surface area contributed by atoms with E-state index in [4.69, 9.17) is 9.84 Å². The van der Waals surface area contributed by atoms with Crippen molar-refractivity contribution in [3.8, 4) is 0 Å². The number of ether oxygens (including phenoxy) is 1. The first-order valence-electron chi connectivity index (χ1n) is 5.17. The van der Waals surface area contributed by atoms with E-state index in [0.29, 0.717) is 12.5 Å². The molecule has 14 heavy (non-hydrogen) atoms. The highest BCUT2D eigenvalue weighted by Crippen LogP contribution is 2.00. The summed E-state index contributed by atoms with van der Waals surface area (Å²) in [4.78, 5) is 0. The average Bonchev–Trinajstić information content (AvgIpc) is 2.13. The van der Waals surface area contributed by atoms with Crippen LogP contribution in [0.15, 0.2) is 23.8 Å². The van der Waals surface area contributed by atoms with Crippen LogP contribution in [0.1, 0.15) is 27.2 Å². The molecule has 0 saturated carbocycles. The van der Waals surface area contributed by atoms with Gasteiger partial charge in [0.1, 0.15) is 0 Å². The number of hydrogen-bond acceptors (Lipinski definition) is 2. The molecule has 2 nitrogen and oxygen atoms in total. The molecule has 0 aromatic rings. The number of hydrogen-bond donors (Lipinski definition) is 1. The monoisotopic (exact) mass is 198 g/mol. The smallest absolute Gasteiger partial charge is 0.0650 e. The topological polar surface area (TPSA) is 29.5 Å². The van der Waals surface area contributed by atoms with E-state index in [-0.39, 0.29) is 6.61 Å². The molecule has 1 atom stereocenters. The standard InChI is InChI=1S/C12H22O2/c1-4-5-12(3)10-14-9-7-11(2)6-8-13/h4-5,7,12-13H,6,8-10H2,1-3H3. The van der Waals surface area contributed by atoms with E-state index in [2.05, 4.69) is 13.0 Å². The third kappa shape index (κ3) is 8.02. The maximum absolute atomic E-state index is 8.66. The average molecular weight is 198 g/mol. The number of allylic oxidation sites excluding steroid dienone is 1. The largest absolute Gasteiger partial charge is 0.396 e. The fourth-order valence-electron chi connectivity index (χ4n) is 1.12. The van der Waals surface area contributed by atoms with Crippen molar-refractivity contribution in [3.05, 3.63) is 23.8 Å². The molecule has 1 unspecified atom stereocenters. The molecule has 82 valence electrons. The Morgan fingerprint density at radius 3 is 2.79 bits per heavy atom. The molecule has 0 radical (unpaired) electrons. The Morgan fingerprint density at radius 1 is 1.50 bits per heavy atom. The Bertz CT molecular complexity index is 183. The Morgan fingerprint density at radius 2 is 2.21 bits per heavy atom. The van der Waals surface area contributed by atoms with Gasteiger partial charge in [0.15, 0.2) is 0 Å². The molecule has 0 fully saturated rings. The van der Waals surface area contributed by atoms with Crippen LogP contribution in [-0.2, 0) is 4.74 Å². The minimum absolute atomic E-state index is 0.220. The van der Waals surface area contributed by atoms with Crippen molar-refractivity contribution in [1.29, 1.82) is 0 Å². The van der Waals surface area contributed by atoms with Crippen molar-refractivity contribution in [1.82, 2.24) is 0 Å². The van der Waals surface area contributed by atoms with Gasteiger partial charge < -0.3 is 9.84 Å². The van der Waals surface area contributed by atoms with Crippen LogP contribution in [0.25, 0.3) is 0 Å². The third-order valence-electron chi connectivity index (χ3n) is 1.96. The van der Waals surface area contributed by atoms with E-state index >= 15 is 0 Å². The van der Waals surface area contributed by atoms with Gasteiger partial charge in [-0.15, -0.1) is 0 Å². The third-order valence-corrected chi connectivity index (χ3v) is 1.96. The van der Waals surface area contributed by atoms with E-state index in [9.17, 15) is 0 Å². The normalized spacial score (nSPS) is 15.0. The first kappa shape index (κ1) is 13.4. The lowest BCUT2D eigenvalue weighted by Crippen LogP contribution is -2.03. The summed E-state index contributed by atoms with van der Waals surface area (Å²) in [6, 6.07) is 0. The molecule has 0 spiro atoms. The molecule has 0 saturated heterocycles. The second kappa shape index (κ2) is 8.97. The summed E-state index contributed by atoms with van der Waals surface area (Å²) >= 11 is 0. The summed E-state index contributed by atoms with van der Waals surface area (Å²) in [6.45, 7) is 7.78. The lowest BCUT2D eigenvalue weighted by molar-refractivity contribution is 0.142. The van der Waals surface area contributed by atoms with E-state index in [1.54, 1.807) is 0 Å². The first-order valence-corrected chi connectivity index (χ1v) is 5.17. The highest BCUT2D eigenvalue weighted by atomic mass is 16.5. The zero-order chi connectivity index (χ0) is 10.8. The molecular weight excluding hydrogens is 176 g/mol. The van der Waals surface area contributed by atoms with Crippen LogP contribution in [-0.4, -0.2) is 24.9 Å². The van der Waals surface area contributed by atoms with Crippen molar-refractivity contribution in [2.75, 3.05) is 19.8 Å². The fraction of sp³-hybridized carbons (Fsp3) is 0.667. The van der Waals surface area contributed by atoms with Gasteiger partial charge in [0.25, 0.3) is 0 Å². The van der Waals surface area contributed by atoms with E-state index in [1.807, 2.05) is 26.0 Å². The molecule has 0 heterocycles. The van der Waals surface area contributed by atoms with Crippen LogP contribution in [0, 0.1) is 5.92 Å². The molecule has 0 aliphatic rings. The Labute approximate surface area is 87.3 Å². The summed E-state index contributed by atoms with van der Waals surface area (Å²) < 4.78 is 5.46. The predicted molar refractivity (Wildman–Crippen MR) is 60.3 cm³/mol. The van der Waals surface area contributed by atoms with Gasteiger partial charge in [0.05, 0.1) is 13.2 Å². The summed E-state index contributed by atoms with van der Waals surface area (Å²) in [5, 5.41) is 8.66. The minimum atomic E-state index is 0.220. The summed E-state index contributed by atoms with van der Waals surface area (Å²) in [5.41, 5.74) is 1.19. The zero-order valence-corrected chi connectivity index (χ0v) is 9.49. The Balaban J connectivity index is 3.49. The number of rotatable bonds is 7. The Kier molecular flexibility index (Phi) is 8.59.